The fourth-order valence-corrected chi connectivity index (χ4v) is 3.71. The lowest BCUT2D eigenvalue weighted by atomic mass is 9.95. The van der Waals surface area contributed by atoms with Gasteiger partial charge < -0.3 is 0 Å². The molecule has 0 aliphatic rings. The number of nitriles is 1. The van der Waals surface area contributed by atoms with Gasteiger partial charge in [-0.05, 0) is 36.6 Å². The number of hydrogen-bond acceptors (Lipinski definition) is 4. The largest absolute Gasteiger partial charge is 0.329 e. The van der Waals surface area contributed by atoms with Gasteiger partial charge in [0.15, 0.2) is 5.82 Å². The Bertz CT molecular complexity index is 1450. The topological polar surface area (TPSA) is 95.7 Å². The number of carbonyl (C=O) groups excluding carboxylic acids is 1. The molecule has 1 aromatic heterocycles. The van der Waals surface area contributed by atoms with Gasteiger partial charge in [-0.3, -0.25) is 19.1 Å². The van der Waals surface area contributed by atoms with Crippen LogP contribution in [0.3, 0.4) is 0 Å². The summed E-state index contributed by atoms with van der Waals surface area (Å²) < 4.78 is 43.3. The Morgan fingerprint density at radius 1 is 1.15 bits per heavy atom. The van der Waals surface area contributed by atoms with Crippen molar-refractivity contribution in [3.05, 3.63) is 101 Å². The van der Waals surface area contributed by atoms with E-state index in [0.717, 1.165) is 0 Å². The molecule has 0 aliphatic heterocycles. The number of ketones is 1. The summed E-state index contributed by atoms with van der Waals surface area (Å²) in [5.74, 6) is -5.44. The molecular weight excluding hydrogens is 459 g/mol. The Morgan fingerprint density at radius 3 is 2.42 bits per heavy atom. The number of aryl methyl sites for hydroxylation is 1. The van der Waals surface area contributed by atoms with Gasteiger partial charge in [-0.25, -0.2) is 18.0 Å². The van der Waals surface area contributed by atoms with Gasteiger partial charge in [0.25, 0.3) is 5.56 Å². The van der Waals surface area contributed by atoms with E-state index in [1.807, 2.05) is 11.1 Å². The van der Waals surface area contributed by atoms with Gasteiger partial charge in [0, 0.05) is 22.8 Å². The van der Waals surface area contributed by atoms with E-state index in [9.17, 15) is 32.8 Å². The Labute approximate surface area is 190 Å². The number of aromatic amines is 1. The van der Waals surface area contributed by atoms with Gasteiger partial charge in [0.2, 0.25) is 5.78 Å². The fourth-order valence-electron chi connectivity index (χ4n) is 3.54. The first kappa shape index (κ1) is 24.0. The summed E-state index contributed by atoms with van der Waals surface area (Å²) in [7, 11) is 0. The fraction of sp³-hybridized carbons (Fsp3) is 0.217. The molecule has 3 aromatic rings. The highest BCUT2D eigenvalue weighted by molar-refractivity contribution is 6.31. The summed E-state index contributed by atoms with van der Waals surface area (Å²) >= 11 is 5.56. The monoisotopic (exact) mass is 475 g/mol. The van der Waals surface area contributed by atoms with Crippen LogP contribution in [0.25, 0.3) is 0 Å². The molecule has 3 rings (SSSR count). The molecule has 2 aromatic carbocycles. The minimum atomic E-state index is -1.43. The van der Waals surface area contributed by atoms with Crippen LogP contribution in [0.1, 0.15) is 58.1 Å². The summed E-state index contributed by atoms with van der Waals surface area (Å²) in [5, 5.41) is 8.26. The van der Waals surface area contributed by atoms with Crippen LogP contribution in [0, 0.1) is 35.7 Å². The third kappa shape index (κ3) is 4.47. The maximum absolute atomic E-state index is 14.6. The predicted octanol–water partition coefficient (Wildman–Crippen LogP) is 4.19. The van der Waals surface area contributed by atoms with Crippen LogP contribution in [0.2, 0.25) is 5.02 Å². The number of aromatic nitrogens is 2. The Morgan fingerprint density at radius 2 is 1.82 bits per heavy atom. The summed E-state index contributed by atoms with van der Waals surface area (Å²) in [6, 6.07) is 6.56. The maximum Gasteiger partial charge on any atom is 0.329 e. The Kier molecular flexibility index (Phi) is 6.60. The smallest absolute Gasteiger partial charge is 0.287 e. The van der Waals surface area contributed by atoms with E-state index in [1.165, 1.54) is 18.2 Å². The second-order valence-corrected chi connectivity index (χ2v) is 8.12. The quantitative estimate of drug-likeness (QED) is 0.340. The number of rotatable bonds is 5. The normalized spacial score (nSPS) is 11.0. The third-order valence-electron chi connectivity index (χ3n) is 5.02. The molecule has 33 heavy (non-hydrogen) atoms. The van der Waals surface area contributed by atoms with Crippen molar-refractivity contribution in [2.75, 3.05) is 0 Å². The molecule has 0 saturated carbocycles. The molecule has 10 heteroatoms. The van der Waals surface area contributed by atoms with E-state index in [-0.39, 0.29) is 16.7 Å². The minimum Gasteiger partial charge on any atom is -0.287 e. The van der Waals surface area contributed by atoms with Crippen LogP contribution in [-0.2, 0) is 6.54 Å². The number of nitrogens with zero attached hydrogens (tertiary/aromatic N) is 2. The number of halogens is 4. The van der Waals surface area contributed by atoms with Gasteiger partial charge in [0.05, 0.1) is 18.2 Å². The zero-order valence-corrected chi connectivity index (χ0v) is 18.5. The first-order valence-corrected chi connectivity index (χ1v) is 10.1. The van der Waals surface area contributed by atoms with Crippen molar-refractivity contribution in [3.8, 4) is 6.07 Å². The van der Waals surface area contributed by atoms with Crippen LogP contribution < -0.4 is 11.2 Å². The first-order chi connectivity index (χ1) is 15.5. The number of H-pyrrole nitrogens is 1. The van der Waals surface area contributed by atoms with Gasteiger partial charge in [-0.15, -0.1) is 0 Å². The van der Waals surface area contributed by atoms with Crippen LogP contribution in [0.5, 0.6) is 0 Å². The molecule has 0 radical (unpaired) electrons. The van der Waals surface area contributed by atoms with Crippen molar-refractivity contribution in [2.24, 2.45) is 0 Å². The van der Waals surface area contributed by atoms with Crippen molar-refractivity contribution < 1.29 is 18.0 Å². The third-order valence-corrected chi connectivity index (χ3v) is 5.37. The molecule has 0 fully saturated rings. The number of benzene rings is 2. The van der Waals surface area contributed by atoms with Crippen molar-refractivity contribution in [2.45, 2.75) is 33.2 Å². The average Bonchev–Trinajstić information content (AvgIpc) is 2.74. The lowest BCUT2D eigenvalue weighted by molar-refractivity contribution is 0.102. The lowest BCUT2D eigenvalue weighted by Gasteiger charge is -2.18. The molecule has 0 atom stereocenters. The van der Waals surface area contributed by atoms with Crippen LogP contribution in [-0.4, -0.2) is 15.3 Å². The highest BCUT2D eigenvalue weighted by Crippen LogP contribution is 2.26. The van der Waals surface area contributed by atoms with Crippen LogP contribution in [0.15, 0.2) is 33.9 Å². The van der Waals surface area contributed by atoms with E-state index in [1.54, 1.807) is 20.8 Å². The molecule has 170 valence electrons. The maximum atomic E-state index is 14.6. The number of nitrogens with one attached hydrogen (secondary N) is 1. The van der Waals surface area contributed by atoms with Crippen LogP contribution >= 0.6 is 11.6 Å². The summed E-state index contributed by atoms with van der Waals surface area (Å²) in [6.07, 6.45) is 0. The first-order valence-electron chi connectivity index (χ1n) is 9.71. The lowest BCUT2D eigenvalue weighted by Crippen LogP contribution is -2.38. The number of hydrogen-bond donors (Lipinski definition) is 1. The summed E-state index contributed by atoms with van der Waals surface area (Å²) in [4.78, 5) is 40.8. The molecular formula is C23H17ClF3N3O3. The molecule has 1 heterocycles. The molecule has 0 unspecified atom stereocenters. The molecule has 0 saturated heterocycles. The molecule has 0 bridgehead atoms. The van der Waals surface area contributed by atoms with E-state index >= 15 is 0 Å². The van der Waals surface area contributed by atoms with E-state index in [0.29, 0.717) is 16.2 Å². The van der Waals surface area contributed by atoms with Crippen molar-refractivity contribution in [1.82, 2.24) is 9.55 Å². The second kappa shape index (κ2) is 9.08. The van der Waals surface area contributed by atoms with E-state index < -0.39 is 63.2 Å². The van der Waals surface area contributed by atoms with E-state index in [2.05, 4.69) is 0 Å². The van der Waals surface area contributed by atoms with E-state index in [4.69, 9.17) is 11.6 Å². The number of carbonyl (C=O) groups is 1. The molecule has 0 aliphatic carbocycles. The van der Waals surface area contributed by atoms with Crippen LogP contribution in [0.4, 0.5) is 13.2 Å². The zero-order chi connectivity index (χ0) is 24.6. The SMILES string of the molecule is Cc1cc(C#N)cc(C(=O)c2c(C(C)C)c(=O)[nH]c(=O)n2Cc2c(F)cc(F)c(Cl)c2F)c1. The zero-order valence-electron chi connectivity index (χ0n) is 17.7. The summed E-state index contributed by atoms with van der Waals surface area (Å²) in [6.45, 7) is 4.01. The highest BCUT2D eigenvalue weighted by atomic mass is 35.5. The Balaban J connectivity index is 2.35. The predicted molar refractivity (Wildman–Crippen MR) is 115 cm³/mol. The van der Waals surface area contributed by atoms with Gasteiger partial charge >= 0.3 is 5.69 Å². The molecule has 0 spiro atoms. The molecule has 0 amide bonds. The highest BCUT2D eigenvalue weighted by Gasteiger charge is 2.27. The van der Waals surface area contributed by atoms with Crippen molar-refractivity contribution in [1.29, 1.82) is 5.26 Å². The Hall–Kier alpha value is -3.64. The standard InChI is InChI=1S/C23H17ClF3N3O3/c1-10(2)17-20(21(31)13-5-11(3)4-12(6-13)8-28)30(23(33)29-22(17)32)9-14-15(25)7-16(26)18(24)19(14)27/h4-7,10H,9H2,1-3H3,(H,29,32,33). The van der Waals surface area contributed by atoms with Gasteiger partial charge in [-0.2, -0.15) is 5.26 Å². The summed E-state index contributed by atoms with van der Waals surface area (Å²) in [5.41, 5.74) is -2.43. The minimum absolute atomic E-state index is 0.00489. The van der Waals surface area contributed by atoms with Crippen molar-refractivity contribution in [3.63, 3.8) is 0 Å². The molecule has 6 nitrogen and oxygen atoms in total. The molecule has 1 N–H and O–H groups in total. The van der Waals surface area contributed by atoms with Crippen molar-refractivity contribution >= 4 is 17.4 Å². The average molecular weight is 476 g/mol. The van der Waals surface area contributed by atoms with Gasteiger partial charge in [-0.1, -0.05) is 25.4 Å². The van der Waals surface area contributed by atoms with Gasteiger partial charge in [0.1, 0.15) is 22.4 Å². The second-order valence-electron chi connectivity index (χ2n) is 7.74.